The van der Waals surface area contributed by atoms with Crippen LogP contribution in [0, 0.1) is 0 Å². The molecule has 6 heteroatoms. The van der Waals surface area contributed by atoms with Crippen molar-refractivity contribution in [1.29, 1.82) is 0 Å². The van der Waals surface area contributed by atoms with Crippen LogP contribution in [0.1, 0.15) is 0 Å². The van der Waals surface area contributed by atoms with Crippen LogP contribution < -0.4 is 5.32 Å². The molecule has 1 N–H and O–H groups in total. The molecule has 76 valence electrons. The fourth-order valence-electron chi connectivity index (χ4n) is 0.680. The zero-order valence-corrected chi connectivity index (χ0v) is 7.82. The predicted octanol–water partition coefficient (Wildman–Crippen LogP) is 0.522. The van der Waals surface area contributed by atoms with Crippen LogP contribution >= 0.6 is 0 Å². The van der Waals surface area contributed by atoms with Crippen LogP contribution in [0.3, 0.4) is 0 Å². The maximum atomic E-state index is 9.78. The molecule has 0 bridgehead atoms. The Morgan fingerprint density at radius 1 is 1.00 bits per heavy atom. The first kappa shape index (κ1) is 10.7. The van der Waals surface area contributed by atoms with E-state index in [1.54, 1.807) is 36.9 Å². The molecule has 0 unspecified atom stereocenters. The number of amides is 1. The van der Waals surface area contributed by atoms with Crippen molar-refractivity contribution >= 4 is 12.4 Å². The molecule has 0 saturated heterocycles. The van der Waals surface area contributed by atoms with Crippen LogP contribution in [0.25, 0.3) is 0 Å². The Bertz CT molecular complexity index is 340. The highest BCUT2D eigenvalue weighted by Gasteiger charge is 1.85. The van der Waals surface area contributed by atoms with E-state index in [1.165, 1.54) is 6.33 Å². The zero-order chi connectivity index (χ0) is 10.8. The number of rotatable bonds is 2. The number of nitrogens with one attached hydrogen (secondary N) is 1. The molecular formula is C9H9N5O. The Balaban J connectivity index is 0.000000162. The van der Waals surface area contributed by atoms with Crippen molar-refractivity contribution in [3.8, 4) is 0 Å². The minimum absolute atomic E-state index is 0.326. The van der Waals surface area contributed by atoms with E-state index in [-0.39, 0.29) is 0 Å². The molecule has 1 amide bonds. The summed E-state index contributed by atoms with van der Waals surface area (Å²) in [6.07, 6.45) is 8.52. The maximum absolute atomic E-state index is 9.78. The summed E-state index contributed by atoms with van der Waals surface area (Å²) in [4.78, 5) is 24.6. The summed E-state index contributed by atoms with van der Waals surface area (Å²) < 4.78 is 0. The van der Waals surface area contributed by atoms with Gasteiger partial charge in [0.15, 0.2) is 0 Å². The van der Waals surface area contributed by atoms with Crippen LogP contribution in [0.2, 0.25) is 0 Å². The van der Waals surface area contributed by atoms with Crippen LogP contribution in [-0.4, -0.2) is 26.3 Å². The summed E-state index contributed by atoms with van der Waals surface area (Å²) in [6.45, 7) is 0. The van der Waals surface area contributed by atoms with E-state index in [0.29, 0.717) is 12.4 Å². The van der Waals surface area contributed by atoms with E-state index < -0.39 is 0 Å². The number of hydrogen-bond donors (Lipinski definition) is 1. The minimum atomic E-state index is 0.326. The summed E-state index contributed by atoms with van der Waals surface area (Å²) in [7, 11) is 0. The molecule has 2 heterocycles. The van der Waals surface area contributed by atoms with Crippen LogP contribution in [0.4, 0.5) is 5.95 Å². The van der Waals surface area contributed by atoms with E-state index in [1.807, 2.05) is 0 Å². The molecule has 0 aliphatic carbocycles. The molecule has 0 aliphatic heterocycles. The molecule has 0 saturated carbocycles. The quantitative estimate of drug-likeness (QED) is 0.720. The molecule has 0 atom stereocenters. The highest BCUT2D eigenvalue weighted by atomic mass is 16.1. The van der Waals surface area contributed by atoms with E-state index in [4.69, 9.17) is 0 Å². The van der Waals surface area contributed by atoms with Gasteiger partial charge in [-0.1, -0.05) is 0 Å². The van der Waals surface area contributed by atoms with Crippen molar-refractivity contribution in [2.75, 3.05) is 5.32 Å². The largest absolute Gasteiger partial charge is 0.297 e. The highest BCUT2D eigenvalue weighted by Crippen LogP contribution is 1.89. The molecule has 6 nitrogen and oxygen atoms in total. The third-order valence-electron chi connectivity index (χ3n) is 1.23. The topological polar surface area (TPSA) is 80.7 Å². The third kappa shape index (κ3) is 5.04. The molecule has 2 rings (SSSR count). The highest BCUT2D eigenvalue weighted by molar-refractivity contribution is 5.66. The predicted molar refractivity (Wildman–Crippen MR) is 53.8 cm³/mol. The summed E-state index contributed by atoms with van der Waals surface area (Å²) in [5, 5.41) is 2.30. The summed E-state index contributed by atoms with van der Waals surface area (Å²) >= 11 is 0. The normalized spacial score (nSPS) is 8.27. The number of anilines is 1. The van der Waals surface area contributed by atoms with Gasteiger partial charge in [-0.15, -0.1) is 0 Å². The number of aromatic nitrogens is 4. The lowest BCUT2D eigenvalue weighted by atomic mass is 10.7. The van der Waals surface area contributed by atoms with Crippen LogP contribution in [-0.2, 0) is 4.79 Å². The van der Waals surface area contributed by atoms with Gasteiger partial charge < -0.3 is 0 Å². The van der Waals surface area contributed by atoms with Gasteiger partial charge >= 0.3 is 0 Å². The Morgan fingerprint density at radius 3 is 2.00 bits per heavy atom. The van der Waals surface area contributed by atoms with Gasteiger partial charge in [-0.05, 0) is 12.1 Å². The standard InChI is InChI=1S/C5H5N3O.C4H4N2/c9-4-8-5-6-2-1-3-7-5;1-2-5-4-6-3-1/h1-4H,(H,6,7,8,9);1-4H. The number of carbonyl (C=O) groups is 1. The fraction of sp³-hybridized carbons (Fsp3) is 0. The minimum Gasteiger partial charge on any atom is -0.297 e. The summed E-state index contributed by atoms with van der Waals surface area (Å²) in [5.74, 6) is 0.326. The van der Waals surface area contributed by atoms with E-state index >= 15 is 0 Å². The van der Waals surface area contributed by atoms with Gasteiger partial charge in [-0.2, -0.15) is 0 Å². The SMILES string of the molecule is O=CNc1ncccn1.c1cncnc1. The summed E-state index contributed by atoms with van der Waals surface area (Å²) in [6, 6.07) is 3.45. The maximum Gasteiger partial charge on any atom is 0.229 e. The number of nitrogens with zero attached hydrogens (tertiary/aromatic N) is 4. The van der Waals surface area contributed by atoms with Gasteiger partial charge in [0.25, 0.3) is 0 Å². The van der Waals surface area contributed by atoms with Crippen molar-refractivity contribution in [2.45, 2.75) is 0 Å². The van der Waals surface area contributed by atoms with Gasteiger partial charge in [0, 0.05) is 24.8 Å². The number of carbonyl (C=O) groups excluding carboxylic acids is 1. The second kappa shape index (κ2) is 7.07. The fourth-order valence-corrected chi connectivity index (χ4v) is 0.680. The average molecular weight is 203 g/mol. The Hall–Kier alpha value is -2.37. The van der Waals surface area contributed by atoms with Crippen molar-refractivity contribution in [2.24, 2.45) is 0 Å². The molecule has 0 spiro atoms. The second-order valence-corrected chi connectivity index (χ2v) is 2.24. The van der Waals surface area contributed by atoms with E-state index in [9.17, 15) is 4.79 Å². The molecule has 0 radical (unpaired) electrons. The van der Waals surface area contributed by atoms with Crippen molar-refractivity contribution < 1.29 is 4.79 Å². The van der Waals surface area contributed by atoms with Gasteiger partial charge in [0.2, 0.25) is 12.4 Å². The van der Waals surface area contributed by atoms with E-state index in [2.05, 4.69) is 25.3 Å². The van der Waals surface area contributed by atoms with Crippen molar-refractivity contribution in [1.82, 2.24) is 19.9 Å². The first-order valence-corrected chi connectivity index (χ1v) is 4.10. The van der Waals surface area contributed by atoms with E-state index in [0.717, 1.165) is 0 Å². The van der Waals surface area contributed by atoms with Gasteiger partial charge in [0.1, 0.15) is 6.33 Å². The molecule has 0 fully saturated rings. The lowest BCUT2D eigenvalue weighted by Crippen LogP contribution is -1.97. The molecule has 2 aromatic rings. The van der Waals surface area contributed by atoms with Gasteiger partial charge in [-0.25, -0.2) is 19.9 Å². The van der Waals surface area contributed by atoms with Gasteiger partial charge in [-0.3, -0.25) is 10.1 Å². The first-order valence-electron chi connectivity index (χ1n) is 4.10. The van der Waals surface area contributed by atoms with Gasteiger partial charge in [0.05, 0.1) is 0 Å². The molecule has 15 heavy (non-hydrogen) atoms. The summed E-state index contributed by atoms with van der Waals surface area (Å²) in [5.41, 5.74) is 0. The lowest BCUT2D eigenvalue weighted by Gasteiger charge is -1.90. The smallest absolute Gasteiger partial charge is 0.229 e. The monoisotopic (exact) mass is 203 g/mol. The lowest BCUT2D eigenvalue weighted by molar-refractivity contribution is -0.105. The zero-order valence-electron chi connectivity index (χ0n) is 7.82. The third-order valence-corrected chi connectivity index (χ3v) is 1.23. The van der Waals surface area contributed by atoms with Crippen LogP contribution in [0.15, 0.2) is 43.2 Å². The molecule has 2 aromatic heterocycles. The van der Waals surface area contributed by atoms with Crippen molar-refractivity contribution in [3.05, 3.63) is 43.2 Å². The molecular weight excluding hydrogens is 194 g/mol. The molecule has 0 aromatic carbocycles. The van der Waals surface area contributed by atoms with Crippen LogP contribution in [0.5, 0.6) is 0 Å². The average Bonchev–Trinajstić information content (AvgIpc) is 2.34. The second-order valence-electron chi connectivity index (χ2n) is 2.24. The Morgan fingerprint density at radius 2 is 1.60 bits per heavy atom. The number of hydrogen-bond acceptors (Lipinski definition) is 5. The Labute approximate surface area is 86.4 Å². The molecule has 0 aliphatic rings. The van der Waals surface area contributed by atoms with Crippen molar-refractivity contribution in [3.63, 3.8) is 0 Å². The Kier molecular flexibility index (Phi) is 5.05. The first-order chi connectivity index (χ1) is 7.43.